The molecule has 0 fully saturated rings. The van der Waals surface area contributed by atoms with Crippen LogP contribution in [0.2, 0.25) is 5.28 Å². The van der Waals surface area contributed by atoms with Gasteiger partial charge in [-0.3, -0.25) is 0 Å². The smallest absolute Gasteiger partial charge is 0.322 e. The molecule has 1 heterocycles. The second-order valence-corrected chi connectivity index (χ2v) is 6.24. The lowest BCUT2D eigenvalue weighted by molar-refractivity contribution is 0.222. The zero-order chi connectivity index (χ0) is 15.7. The van der Waals surface area contributed by atoms with Crippen LogP contribution in [0.3, 0.4) is 0 Å². The Morgan fingerprint density at radius 3 is 2.38 bits per heavy atom. The van der Waals surface area contributed by atoms with Gasteiger partial charge in [0.1, 0.15) is 0 Å². The molecule has 0 amide bonds. The summed E-state index contributed by atoms with van der Waals surface area (Å²) < 4.78 is 5.43. The molecule has 5 nitrogen and oxygen atoms in total. The molecule has 1 aromatic heterocycles. The highest BCUT2D eigenvalue weighted by molar-refractivity contribution is 6.28. The predicted octanol–water partition coefficient (Wildman–Crippen LogP) is 4.33. The number of nitrogens with one attached hydrogen (secondary N) is 1. The number of anilines is 1. The van der Waals surface area contributed by atoms with Crippen LogP contribution in [0, 0.1) is 5.92 Å². The third-order valence-electron chi connectivity index (χ3n) is 2.92. The first-order chi connectivity index (χ1) is 9.97. The van der Waals surface area contributed by atoms with Gasteiger partial charge in [-0.2, -0.15) is 15.0 Å². The minimum Gasteiger partial charge on any atom is -0.461 e. The third kappa shape index (κ3) is 8.71. The van der Waals surface area contributed by atoms with E-state index in [1.807, 2.05) is 13.8 Å². The van der Waals surface area contributed by atoms with Gasteiger partial charge >= 0.3 is 6.01 Å². The molecule has 0 unspecified atom stereocenters. The fourth-order valence-corrected chi connectivity index (χ4v) is 2.06. The number of rotatable bonds is 10. The Balaban J connectivity index is 2.27. The average Bonchev–Trinajstić information content (AvgIpc) is 2.35. The van der Waals surface area contributed by atoms with E-state index in [0.29, 0.717) is 5.95 Å². The monoisotopic (exact) mass is 314 g/mol. The number of hydrogen-bond donors (Lipinski definition) is 1. The van der Waals surface area contributed by atoms with E-state index in [1.54, 1.807) is 0 Å². The third-order valence-corrected chi connectivity index (χ3v) is 3.09. The lowest BCUT2D eigenvalue weighted by Crippen LogP contribution is -2.12. The maximum absolute atomic E-state index is 5.86. The van der Waals surface area contributed by atoms with Crippen molar-refractivity contribution >= 4 is 17.5 Å². The molecule has 6 heteroatoms. The number of aromatic nitrogens is 3. The van der Waals surface area contributed by atoms with Gasteiger partial charge in [0.15, 0.2) is 0 Å². The Kier molecular flexibility index (Phi) is 8.35. The predicted molar refractivity (Wildman–Crippen MR) is 87.0 cm³/mol. The van der Waals surface area contributed by atoms with Gasteiger partial charge in [-0.1, -0.05) is 39.5 Å². The molecule has 120 valence electrons. The summed E-state index contributed by atoms with van der Waals surface area (Å²) in [4.78, 5) is 12.2. The highest BCUT2D eigenvalue weighted by Crippen LogP contribution is 2.13. The standard InChI is InChI=1S/C15H27ClN4O/c1-11(2)9-7-5-6-8-10-17-14-18-13(16)19-15(20-14)21-12(3)4/h11-12H,5-10H2,1-4H3,(H,17,18,19,20). The van der Waals surface area contributed by atoms with Crippen LogP contribution in [0.1, 0.15) is 59.8 Å². The maximum atomic E-state index is 5.86. The molecule has 1 aromatic rings. The molecule has 0 saturated carbocycles. The number of hydrogen-bond acceptors (Lipinski definition) is 5. The lowest BCUT2D eigenvalue weighted by atomic mass is 10.0. The second-order valence-electron chi connectivity index (χ2n) is 5.90. The van der Waals surface area contributed by atoms with Gasteiger partial charge in [-0.25, -0.2) is 0 Å². The minimum atomic E-state index is 0.0114. The highest BCUT2D eigenvalue weighted by atomic mass is 35.5. The van der Waals surface area contributed by atoms with Crippen molar-refractivity contribution in [2.24, 2.45) is 5.92 Å². The summed E-state index contributed by atoms with van der Waals surface area (Å²) in [7, 11) is 0. The number of halogens is 1. The van der Waals surface area contributed by atoms with Crippen LogP contribution >= 0.6 is 11.6 Å². The van der Waals surface area contributed by atoms with Crippen molar-refractivity contribution in [3.8, 4) is 6.01 Å². The van der Waals surface area contributed by atoms with E-state index in [0.717, 1.165) is 18.9 Å². The zero-order valence-electron chi connectivity index (χ0n) is 13.5. The van der Waals surface area contributed by atoms with Crippen LogP contribution in [0.4, 0.5) is 5.95 Å². The van der Waals surface area contributed by atoms with Crippen LogP contribution in [-0.2, 0) is 0 Å². The van der Waals surface area contributed by atoms with Gasteiger partial charge < -0.3 is 10.1 Å². The second kappa shape index (κ2) is 9.77. The molecule has 0 radical (unpaired) electrons. The molecule has 0 atom stereocenters. The Morgan fingerprint density at radius 2 is 1.71 bits per heavy atom. The van der Waals surface area contributed by atoms with Gasteiger partial charge in [0.25, 0.3) is 0 Å². The molecule has 1 rings (SSSR count). The molecular weight excluding hydrogens is 288 g/mol. The van der Waals surface area contributed by atoms with Crippen LogP contribution < -0.4 is 10.1 Å². The number of nitrogens with zero attached hydrogens (tertiary/aromatic N) is 3. The van der Waals surface area contributed by atoms with E-state index in [9.17, 15) is 0 Å². The maximum Gasteiger partial charge on any atom is 0.322 e. The molecule has 0 aliphatic carbocycles. The van der Waals surface area contributed by atoms with Crippen molar-refractivity contribution in [1.29, 1.82) is 0 Å². The van der Waals surface area contributed by atoms with Crippen molar-refractivity contribution in [3.05, 3.63) is 5.28 Å². The van der Waals surface area contributed by atoms with E-state index < -0.39 is 0 Å². The van der Waals surface area contributed by atoms with Crippen molar-refractivity contribution in [1.82, 2.24) is 15.0 Å². The Bertz CT molecular complexity index is 413. The van der Waals surface area contributed by atoms with Crippen molar-refractivity contribution in [2.75, 3.05) is 11.9 Å². The summed E-state index contributed by atoms with van der Waals surface area (Å²) in [5.41, 5.74) is 0. The van der Waals surface area contributed by atoms with E-state index in [2.05, 4.69) is 34.1 Å². The Hall–Kier alpha value is -1.10. The molecule has 0 spiro atoms. The highest BCUT2D eigenvalue weighted by Gasteiger charge is 2.07. The quantitative estimate of drug-likeness (QED) is 0.651. The number of unbranched alkanes of at least 4 members (excludes halogenated alkanes) is 3. The largest absolute Gasteiger partial charge is 0.461 e. The van der Waals surface area contributed by atoms with Crippen LogP contribution in [0.25, 0.3) is 0 Å². The first-order valence-electron chi connectivity index (χ1n) is 7.79. The lowest BCUT2D eigenvalue weighted by Gasteiger charge is -2.09. The first kappa shape index (κ1) is 18.0. The Labute approximate surface area is 132 Å². The average molecular weight is 315 g/mol. The topological polar surface area (TPSA) is 59.9 Å². The van der Waals surface area contributed by atoms with Gasteiger partial charge in [0.2, 0.25) is 11.2 Å². The summed E-state index contributed by atoms with van der Waals surface area (Å²) in [6.07, 6.45) is 6.22. The van der Waals surface area contributed by atoms with Gasteiger partial charge in [0.05, 0.1) is 6.10 Å². The molecule has 0 saturated heterocycles. The van der Waals surface area contributed by atoms with Crippen molar-refractivity contribution in [3.63, 3.8) is 0 Å². The molecule has 1 N–H and O–H groups in total. The summed E-state index contributed by atoms with van der Waals surface area (Å²) in [5, 5.41) is 3.32. The first-order valence-corrected chi connectivity index (χ1v) is 8.17. The van der Waals surface area contributed by atoms with Crippen LogP contribution in [-0.4, -0.2) is 27.6 Å². The summed E-state index contributed by atoms with van der Waals surface area (Å²) >= 11 is 5.86. The van der Waals surface area contributed by atoms with E-state index >= 15 is 0 Å². The van der Waals surface area contributed by atoms with Crippen LogP contribution in [0.5, 0.6) is 6.01 Å². The molecule has 0 bridgehead atoms. The zero-order valence-corrected chi connectivity index (χ0v) is 14.3. The van der Waals surface area contributed by atoms with E-state index in [1.165, 1.54) is 25.7 Å². The van der Waals surface area contributed by atoms with E-state index in [4.69, 9.17) is 16.3 Å². The molecule has 21 heavy (non-hydrogen) atoms. The fourth-order valence-electron chi connectivity index (χ4n) is 1.91. The minimum absolute atomic E-state index is 0.0114. The Morgan fingerprint density at radius 1 is 1.00 bits per heavy atom. The summed E-state index contributed by atoms with van der Waals surface area (Å²) in [6, 6.07) is 0.268. The molecule has 0 aliphatic heterocycles. The van der Waals surface area contributed by atoms with E-state index in [-0.39, 0.29) is 17.4 Å². The molecular formula is C15H27ClN4O. The van der Waals surface area contributed by atoms with Crippen molar-refractivity contribution in [2.45, 2.75) is 65.9 Å². The fraction of sp³-hybridized carbons (Fsp3) is 0.800. The van der Waals surface area contributed by atoms with Crippen molar-refractivity contribution < 1.29 is 4.74 Å². The van der Waals surface area contributed by atoms with Gasteiger partial charge in [0, 0.05) is 6.54 Å². The van der Waals surface area contributed by atoms with Crippen LogP contribution in [0.15, 0.2) is 0 Å². The molecule has 0 aliphatic rings. The number of ether oxygens (including phenoxy) is 1. The van der Waals surface area contributed by atoms with Gasteiger partial charge in [-0.05, 0) is 37.8 Å². The SMILES string of the molecule is CC(C)CCCCCCNc1nc(Cl)nc(OC(C)C)n1. The summed E-state index contributed by atoms with van der Waals surface area (Å²) in [5.74, 6) is 1.28. The normalized spacial score (nSPS) is 11.2. The summed E-state index contributed by atoms with van der Waals surface area (Å²) in [6.45, 7) is 9.21. The molecule has 0 aromatic carbocycles. The van der Waals surface area contributed by atoms with Gasteiger partial charge in [-0.15, -0.1) is 0 Å².